The maximum atomic E-state index is 12.5. The van der Waals surface area contributed by atoms with Crippen molar-refractivity contribution in [2.75, 3.05) is 6.61 Å². The van der Waals surface area contributed by atoms with Crippen LogP contribution in [-0.2, 0) is 9.57 Å². The molecule has 3 aliphatic heterocycles. The number of amidine groups is 1. The standard InChI is InChI=1S/C19H31N3O3/c1-18(2,3)10-14-13(19(4,5)6)9-15(25-14)22-11-12-7-8-24-21-16(12)20-17(22)23/h11,13-15H,7-10H2,1-6H3,(H,20,21,23)/t13-,14?,15-/m1/s1. The van der Waals surface area contributed by atoms with Gasteiger partial charge in [0.25, 0.3) is 0 Å². The Hall–Kier alpha value is -1.56. The summed E-state index contributed by atoms with van der Waals surface area (Å²) in [6.07, 6.45) is 4.40. The van der Waals surface area contributed by atoms with Gasteiger partial charge in [-0.15, -0.1) is 0 Å². The summed E-state index contributed by atoms with van der Waals surface area (Å²) in [5.41, 5.74) is 1.32. The minimum atomic E-state index is -0.228. The molecule has 2 amide bonds. The minimum absolute atomic E-state index is 0.134. The third kappa shape index (κ3) is 4.00. The number of hydrogen-bond acceptors (Lipinski definition) is 4. The lowest BCUT2D eigenvalue weighted by molar-refractivity contribution is -0.0436. The van der Waals surface area contributed by atoms with Crippen molar-refractivity contribution in [2.24, 2.45) is 21.9 Å². The van der Waals surface area contributed by atoms with Gasteiger partial charge in [-0.1, -0.05) is 46.7 Å². The zero-order valence-electron chi connectivity index (χ0n) is 16.3. The summed E-state index contributed by atoms with van der Waals surface area (Å²) in [7, 11) is 0. The SMILES string of the molecule is CC(C)(C)CC1O[C@@H](N2C=C3CCON=C3NC2=O)C[C@H]1C(C)(C)C. The van der Waals surface area contributed by atoms with E-state index in [1.807, 2.05) is 6.20 Å². The highest BCUT2D eigenvalue weighted by Gasteiger charge is 2.46. The van der Waals surface area contributed by atoms with Crippen LogP contribution in [0.5, 0.6) is 0 Å². The number of amides is 2. The van der Waals surface area contributed by atoms with Gasteiger partial charge in [-0.25, -0.2) is 4.79 Å². The molecule has 1 fully saturated rings. The highest BCUT2D eigenvalue weighted by Crippen LogP contribution is 2.44. The Morgan fingerprint density at radius 2 is 2.00 bits per heavy atom. The summed E-state index contributed by atoms with van der Waals surface area (Å²) in [6, 6.07) is -0.193. The molecule has 1 unspecified atom stereocenters. The van der Waals surface area contributed by atoms with Crippen LogP contribution in [0.25, 0.3) is 0 Å². The number of ether oxygens (including phenoxy) is 1. The third-order valence-electron chi connectivity index (χ3n) is 5.15. The fourth-order valence-corrected chi connectivity index (χ4v) is 3.88. The number of oxime groups is 1. The topological polar surface area (TPSA) is 63.2 Å². The number of urea groups is 1. The highest BCUT2D eigenvalue weighted by atomic mass is 16.6. The average Bonchev–Trinajstić information content (AvgIpc) is 2.88. The lowest BCUT2D eigenvalue weighted by atomic mass is 9.73. The van der Waals surface area contributed by atoms with Crippen LogP contribution in [0, 0.1) is 16.7 Å². The first-order chi connectivity index (χ1) is 11.5. The van der Waals surface area contributed by atoms with Crippen molar-refractivity contribution in [1.82, 2.24) is 10.2 Å². The molecule has 1 N–H and O–H groups in total. The molecule has 140 valence electrons. The molecule has 0 aromatic carbocycles. The van der Waals surface area contributed by atoms with Crippen LogP contribution in [-0.4, -0.2) is 35.7 Å². The van der Waals surface area contributed by atoms with E-state index in [4.69, 9.17) is 9.57 Å². The summed E-state index contributed by atoms with van der Waals surface area (Å²) < 4.78 is 6.42. The predicted octanol–water partition coefficient (Wildman–Crippen LogP) is 3.84. The van der Waals surface area contributed by atoms with E-state index in [0.717, 1.165) is 24.8 Å². The molecule has 0 bridgehead atoms. The molecule has 3 atom stereocenters. The maximum absolute atomic E-state index is 12.5. The van der Waals surface area contributed by atoms with Crippen molar-refractivity contribution >= 4 is 11.9 Å². The Bertz CT molecular complexity index is 598. The fourth-order valence-electron chi connectivity index (χ4n) is 3.88. The highest BCUT2D eigenvalue weighted by molar-refractivity contribution is 6.09. The summed E-state index contributed by atoms with van der Waals surface area (Å²) in [5.74, 6) is 0.941. The van der Waals surface area contributed by atoms with Gasteiger partial charge in [0.05, 0.1) is 6.10 Å². The predicted molar refractivity (Wildman–Crippen MR) is 96.8 cm³/mol. The first kappa shape index (κ1) is 18.2. The van der Waals surface area contributed by atoms with Crippen molar-refractivity contribution < 1.29 is 14.4 Å². The first-order valence-corrected chi connectivity index (χ1v) is 9.20. The van der Waals surface area contributed by atoms with Crippen LogP contribution in [0.4, 0.5) is 4.79 Å². The minimum Gasteiger partial charge on any atom is -0.394 e. The lowest BCUT2D eigenvalue weighted by Crippen LogP contribution is -2.50. The molecule has 0 aromatic heterocycles. The van der Waals surface area contributed by atoms with Crippen LogP contribution in [0.15, 0.2) is 16.9 Å². The van der Waals surface area contributed by atoms with Crippen molar-refractivity contribution in [3.8, 4) is 0 Å². The molecule has 0 radical (unpaired) electrons. The summed E-state index contributed by atoms with van der Waals surface area (Å²) in [6.45, 7) is 14.0. The van der Waals surface area contributed by atoms with Gasteiger partial charge in [-0.05, 0) is 29.6 Å². The number of hydrogen-bond donors (Lipinski definition) is 1. The van der Waals surface area contributed by atoms with E-state index in [2.05, 4.69) is 52.0 Å². The van der Waals surface area contributed by atoms with E-state index in [1.165, 1.54) is 0 Å². The van der Waals surface area contributed by atoms with Gasteiger partial charge in [-0.2, -0.15) is 0 Å². The molecule has 0 aliphatic carbocycles. The molecule has 1 saturated heterocycles. The molecule has 25 heavy (non-hydrogen) atoms. The van der Waals surface area contributed by atoms with Gasteiger partial charge < -0.3 is 9.57 Å². The molecular weight excluding hydrogens is 318 g/mol. The number of nitrogens with one attached hydrogen (secondary N) is 1. The number of fused-ring (bicyclic) bond motifs is 1. The molecule has 3 aliphatic rings. The van der Waals surface area contributed by atoms with Crippen molar-refractivity contribution in [1.29, 1.82) is 0 Å². The zero-order chi connectivity index (χ0) is 18.4. The molecule has 0 spiro atoms. The second-order valence-electron chi connectivity index (χ2n) is 9.62. The van der Waals surface area contributed by atoms with Crippen LogP contribution in [0.3, 0.4) is 0 Å². The van der Waals surface area contributed by atoms with Gasteiger partial charge in [-0.3, -0.25) is 10.2 Å². The smallest absolute Gasteiger partial charge is 0.329 e. The molecule has 0 saturated carbocycles. The van der Waals surface area contributed by atoms with E-state index < -0.39 is 0 Å². The van der Waals surface area contributed by atoms with Crippen molar-refractivity contribution in [2.45, 2.75) is 73.1 Å². The number of carbonyl (C=O) groups excluding carboxylic acids is 1. The van der Waals surface area contributed by atoms with E-state index >= 15 is 0 Å². The monoisotopic (exact) mass is 349 g/mol. The summed E-state index contributed by atoms with van der Waals surface area (Å²) >= 11 is 0. The van der Waals surface area contributed by atoms with Crippen LogP contribution < -0.4 is 5.32 Å². The average molecular weight is 349 g/mol. The van der Waals surface area contributed by atoms with Gasteiger partial charge in [0, 0.05) is 18.2 Å². The fraction of sp³-hybridized carbons (Fsp3) is 0.789. The van der Waals surface area contributed by atoms with Crippen LogP contribution in [0.1, 0.15) is 60.8 Å². The Balaban J connectivity index is 1.82. The van der Waals surface area contributed by atoms with E-state index in [9.17, 15) is 4.79 Å². The third-order valence-corrected chi connectivity index (χ3v) is 5.15. The van der Waals surface area contributed by atoms with Gasteiger partial charge >= 0.3 is 6.03 Å². The second kappa shape index (κ2) is 6.31. The van der Waals surface area contributed by atoms with Gasteiger partial charge in [0.2, 0.25) is 0 Å². The Morgan fingerprint density at radius 1 is 1.28 bits per heavy atom. The van der Waals surface area contributed by atoms with Crippen LogP contribution >= 0.6 is 0 Å². The largest absolute Gasteiger partial charge is 0.394 e. The maximum Gasteiger partial charge on any atom is 0.329 e. The molecule has 6 heteroatoms. The Morgan fingerprint density at radius 3 is 2.64 bits per heavy atom. The Kier molecular flexibility index (Phi) is 4.60. The summed E-state index contributed by atoms with van der Waals surface area (Å²) in [4.78, 5) is 19.3. The van der Waals surface area contributed by atoms with Gasteiger partial charge in [0.15, 0.2) is 5.84 Å². The molecular formula is C19H31N3O3. The first-order valence-electron chi connectivity index (χ1n) is 9.20. The quantitative estimate of drug-likeness (QED) is 0.824. The number of nitrogens with zero attached hydrogens (tertiary/aromatic N) is 2. The molecule has 3 heterocycles. The van der Waals surface area contributed by atoms with E-state index in [0.29, 0.717) is 18.4 Å². The number of carbonyl (C=O) groups is 1. The normalized spacial score (nSPS) is 30.2. The lowest BCUT2D eigenvalue weighted by Gasteiger charge is -2.34. The molecule has 0 aromatic rings. The molecule has 3 rings (SSSR count). The number of rotatable bonds is 2. The van der Waals surface area contributed by atoms with Crippen molar-refractivity contribution in [3.63, 3.8) is 0 Å². The second-order valence-corrected chi connectivity index (χ2v) is 9.62. The zero-order valence-corrected chi connectivity index (χ0v) is 16.3. The van der Waals surface area contributed by atoms with E-state index in [-0.39, 0.29) is 29.2 Å². The molecule has 6 nitrogen and oxygen atoms in total. The van der Waals surface area contributed by atoms with Crippen LogP contribution in [0.2, 0.25) is 0 Å². The van der Waals surface area contributed by atoms with Crippen molar-refractivity contribution in [3.05, 3.63) is 11.8 Å². The summed E-state index contributed by atoms with van der Waals surface area (Å²) in [5, 5.41) is 6.76. The Labute approximate surface area is 150 Å². The van der Waals surface area contributed by atoms with Gasteiger partial charge in [0.1, 0.15) is 12.8 Å². The van der Waals surface area contributed by atoms with E-state index in [1.54, 1.807) is 4.90 Å².